The number of carbonyl (C=O) groups excluding carboxylic acids is 2. The van der Waals surface area contributed by atoms with Gasteiger partial charge in [-0.05, 0) is 61.0 Å². The van der Waals surface area contributed by atoms with Crippen LogP contribution in [0.5, 0.6) is 0 Å². The standard InChI is InChI=1S/C26H19Cl3F3N5O2S/c1-14-3-2-4-17(9-14)37-22(12-33-24(39)18-11-16(27)6-8-19(18)28)35-36-25(37)40-13-23(38)34-21-10-15(26(30,31)32)5-7-20(21)29/h2-11H,12-13H2,1H3,(H,33,39)(H,34,38). The minimum absolute atomic E-state index is 0.0325. The molecule has 40 heavy (non-hydrogen) atoms. The smallest absolute Gasteiger partial charge is 0.345 e. The van der Waals surface area contributed by atoms with E-state index in [4.69, 9.17) is 34.8 Å². The van der Waals surface area contributed by atoms with Gasteiger partial charge in [0.2, 0.25) is 5.91 Å². The van der Waals surface area contributed by atoms with Crippen LogP contribution in [0.15, 0.2) is 65.8 Å². The Labute approximate surface area is 246 Å². The van der Waals surface area contributed by atoms with Crippen LogP contribution in [0.4, 0.5) is 18.9 Å². The summed E-state index contributed by atoms with van der Waals surface area (Å²) in [5.41, 5.74) is 0.712. The van der Waals surface area contributed by atoms with E-state index < -0.39 is 23.6 Å². The number of anilines is 1. The average Bonchev–Trinajstić information content (AvgIpc) is 3.31. The molecule has 1 heterocycles. The second-order valence-electron chi connectivity index (χ2n) is 8.41. The van der Waals surface area contributed by atoms with Crippen LogP contribution in [0.3, 0.4) is 0 Å². The van der Waals surface area contributed by atoms with Crippen LogP contribution < -0.4 is 10.6 Å². The van der Waals surface area contributed by atoms with Crippen molar-refractivity contribution in [2.75, 3.05) is 11.1 Å². The van der Waals surface area contributed by atoms with Gasteiger partial charge in [0.25, 0.3) is 5.91 Å². The van der Waals surface area contributed by atoms with Crippen molar-refractivity contribution in [1.29, 1.82) is 0 Å². The highest BCUT2D eigenvalue weighted by molar-refractivity contribution is 7.99. The van der Waals surface area contributed by atoms with Crippen LogP contribution in [-0.2, 0) is 17.5 Å². The number of aryl methyl sites for hydroxylation is 1. The zero-order valence-electron chi connectivity index (χ0n) is 20.5. The van der Waals surface area contributed by atoms with Gasteiger partial charge in [-0.1, -0.05) is 58.7 Å². The van der Waals surface area contributed by atoms with E-state index in [1.165, 1.54) is 12.1 Å². The summed E-state index contributed by atoms with van der Waals surface area (Å²) in [4.78, 5) is 25.4. The molecule has 0 aliphatic carbocycles. The van der Waals surface area contributed by atoms with E-state index in [1.54, 1.807) is 10.6 Å². The zero-order chi connectivity index (χ0) is 29.0. The molecular formula is C26H19Cl3F3N5O2S. The van der Waals surface area contributed by atoms with E-state index in [9.17, 15) is 22.8 Å². The monoisotopic (exact) mass is 627 g/mol. The topological polar surface area (TPSA) is 88.9 Å². The fourth-order valence-electron chi connectivity index (χ4n) is 3.57. The van der Waals surface area contributed by atoms with Gasteiger partial charge < -0.3 is 10.6 Å². The van der Waals surface area contributed by atoms with Gasteiger partial charge in [0.05, 0.1) is 39.2 Å². The minimum atomic E-state index is -4.59. The van der Waals surface area contributed by atoms with Gasteiger partial charge in [-0.25, -0.2) is 0 Å². The molecule has 4 aromatic rings. The second-order valence-corrected chi connectivity index (χ2v) is 10.6. The largest absolute Gasteiger partial charge is 0.416 e. The van der Waals surface area contributed by atoms with Crippen LogP contribution in [-0.4, -0.2) is 32.3 Å². The Bertz CT molecular complexity index is 1580. The lowest BCUT2D eigenvalue weighted by Crippen LogP contribution is -2.25. The molecule has 0 saturated carbocycles. The molecule has 7 nitrogen and oxygen atoms in total. The molecular weight excluding hydrogens is 610 g/mol. The Morgan fingerprint density at radius 1 is 0.975 bits per heavy atom. The molecule has 208 valence electrons. The number of hydrogen-bond donors (Lipinski definition) is 2. The summed E-state index contributed by atoms with van der Waals surface area (Å²) in [6.07, 6.45) is -4.59. The number of amides is 2. The van der Waals surface area contributed by atoms with Gasteiger partial charge in [-0.15, -0.1) is 10.2 Å². The molecule has 0 saturated heterocycles. The maximum atomic E-state index is 13.1. The average molecular weight is 629 g/mol. The number of rotatable bonds is 8. The Morgan fingerprint density at radius 3 is 2.45 bits per heavy atom. The molecule has 0 radical (unpaired) electrons. The summed E-state index contributed by atoms with van der Waals surface area (Å²) in [6.45, 7) is 1.87. The SMILES string of the molecule is Cc1cccc(-n2c(CNC(=O)c3cc(Cl)ccc3Cl)nnc2SCC(=O)Nc2cc(C(F)(F)F)ccc2Cl)c1. The van der Waals surface area contributed by atoms with Crippen molar-refractivity contribution in [3.05, 3.63) is 98.2 Å². The van der Waals surface area contributed by atoms with Crippen molar-refractivity contribution < 1.29 is 22.8 Å². The molecule has 0 aliphatic rings. The van der Waals surface area contributed by atoms with Crippen molar-refractivity contribution >= 4 is 64.1 Å². The zero-order valence-corrected chi connectivity index (χ0v) is 23.6. The van der Waals surface area contributed by atoms with Gasteiger partial charge in [-0.2, -0.15) is 13.2 Å². The summed E-state index contributed by atoms with van der Waals surface area (Å²) in [7, 11) is 0. The molecule has 0 atom stereocenters. The lowest BCUT2D eigenvalue weighted by Gasteiger charge is -2.13. The summed E-state index contributed by atoms with van der Waals surface area (Å²) < 4.78 is 40.9. The maximum absolute atomic E-state index is 13.1. The van der Waals surface area contributed by atoms with Gasteiger partial charge in [0.15, 0.2) is 11.0 Å². The quantitative estimate of drug-likeness (QED) is 0.201. The van der Waals surface area contributed by atoms with Crippen molar-refractivity contribution in [3.63, 3.8) is 0 Å². The van der Waals surface area contributed by atoms with E-state index in [0.29, 0.717) is 21.7 Å². The third-order valence-corrected chi connectivity index (χ3v) is 7.26. The van der Waals surface area contributed by atoms with Crippen LogP contribution >= 0.6 is 46.6 Å². The van der Waals surface area contributed by atoms with E-state index in [-0.39, 0.29) is 33.6 Å². The number of thioether (sulfide) groups is 1. The first-order valence-electron chi connectivity index (χ1n) is 11.5. The molecule has 0 fully saturated rings. The molecule has 0 unspecified atom stereocenters. The van der Waals surface area contributed by atoms with E-state index in [1.807, 2.05) is 31.2 Å². The predicted molar refractivity (Wildman–Crippen MR) is 150 cm³/mol. The first kappa shape index (κ1) is 29.7. The van der Waals surface area contributed by atoms with E-state index >= 15 is 0 Å². The highest BCUT2D eigenvalue weighted by atomic mass is 35.5. The normalized spacial score (nSPS) is 11.4. The van der Waals surface area contributed by atoms with Crippen LogP contribution in [0.25, 0.3) is 5.69 Å². The summed E-state index contributed by atoms with van der Waals surface area (Å²) >= 11 is 19.1. The number of aromatic nitrogens is 3. The maximum Gasteiger partial charge on any atom is 0.416 e. The van der Waals surface area contributed by atoms with Gasteiger partial charge in [0, 0.05) is 10.7 Å². The number of halogens is 6. The molecule has 0 aliphatic heterocycles. The second kappa shape index (κ2) is 12.5. The number of alkyl halides is 3. The number of benzene rings is 3. The molecule has 3 aromatic carbocycles. The highest BCUT2D eigenvalue weighted by Gasteiger charge is 2.31. The van der Waals surface area contributed by atoms with Crippen LogP contribution in [0, 0.1) is 6.92 Å². The van der Waals surface area contributed by atoms with Gasteiger partial charge in [0.1, 0.15) is 0 Å². The van der Waals surface area contributed by atoms with Crippen molar-refractivity contribution in [3.8, 4) is 5.69 Å². The molecule has 2 amide bonds. The van der Waals surface area contributed by atoms with Gasteiger partial charge >= 0.3 is 6.18 Å². The van der Waals surface area contributed by atoms with Crippen LogP contribution in [0.2, 0.25) is 15.1 Å². The third kappa shape index (κ3) is 7.28. The Morgan fingerprint density at radius 2 is 1.73 bits per heavy atom. The van der Waals surface area contributed by atoms with Crippen molar-refractivity contribution in [2.24, 2.45) is 0 Å². The van der Waals surface area contributed by atoms with Crippen LogP contribution in [0.1, 0.15) is 27.3 Å². The summed E-state index contributed by atoms with van der Waals surface area (Å²) in [6, 6.07) is 14.6. The lowest BCUT2D eigenvalue weighted by molar-refractivity contribution is -0.137. The first-order chi connectivity index (χ1) is 18.9. The predicted octanol–water partition coefficient (Wildman–Crippen LogP) is 7.22. The number of nitrogens with one attached hydrogen (secondary N) is 2. The molecule has 2 N–H and O–H groups in total. The van der Waals surface area contributed by atoms with Crippen molar-refractivity contribution in [2.45, 2.75) is 24.8 Å². The minimum Gasteiger partial charge on any atom is -0.345 e. The van der Waals surface area contributed by atoms with E-state index in [0.717, 1.165) is 35.5 Å². The van der Waals surface area contributed by atoms with Gasteiger partial charge in [-0.3, -0.25) is 14.2 Å². The molecule has 0 bridgehead atoms. The van der Waals surface area contributed by atoms with E-state index in [2.05, 4.69) is 20.8 Å². The number of nitrogens with zero attached hydrogens (tertiary/aromatic N) is 3. The summed E-state index contributed by atoms with van der Waals surface area (Å²) in [5.74, 6) is -0.921. The fourth-order valence-corrected chi connectivity index (χ4v) is 4.89. The highest BCUT2D eigenvalue weighted by Crippen LogP contribution is 2.34. The lowest BCUT2D eigenvalue weighted by atomic mass is 10.2. The van der Waals surface area contributed by atoms with Crippen molar-refractivity contribution in [1.82, 2.24) is 20.1 Å². The fraction of sp³-hybridized carbons (Fsp3) is 0.154. The number of hydrogen-bond acceptors (Lipinski definition) is 5. The summed E-state index contributed by atoms with van der Waals surface area (Å²) in [5, 5.41) is 14.4. The molecule has 0 spiro atoms. The Balaban J connectivity index is 1.53. The number of carbonyl (C=O) groups is 2. The third-order valence-electron chi connectivity index (χ3n) is 5.44. The molecule has 4 rings (SSSR count). The molecule has 1 aromatic heterocycles. The Hall–Kier alpha value is -3.25. The first-order valence-corrected chi connectivity index (χ1v) is 13.6. The Kier molecular flexibility index (Phi) is 9.29. The molecule has 14 heteroatoms.